The van der Waals surface area contributed by atoms with E-state index in [1.54, 1.807) is 0 Å². The van der Waals surface area contributed by atoms with Crippen LogP contribution in [0.25, 0.3) is 11.3 Å². The van der Waals surface area contributed by atoms with Gasteiger partial charge >= 0.3 is 0 Å². The SMILES string of the molecule is CN1CCC(c2cccc(-c3cc(N)n[nH]3)c2)CC1. The highest BCUT2D eigenvalue weighted by Crippen LogP contribution is 2.30. The number of nitrogens with one attached hydrogen (secondary N) is 1. The van der Waals surface area contributed by atoms with Gasteiger partial charge in [0.1, 0.15) is 5.82 Å². The number of nitrogens with zero attached hydrogens (tertiary/aromatic N) is 2. The van der Waals surface area contributed by atoms with Crippen LogP contribution < -0.4 is 5.73 Å². The molecule has 0 spiro atoms. The van der Waals surface area contributed by atoms with Crippen molar-refractivity contribution in [3.63, 3.8) is 0 Å². The standard InChI is InChI=1S/C15H20N4/c1-19-7-5-11(6-8-19)12-3-2-4-13(9-12)14-10-15(16)18-17-14/h2-4,9-11H,5-8H2,1H3,(H3,16,17,18). The lowest BCUT2D eigenvalue weighted by atomic mass is 9.88. The zero-order valence-corrected chi connectivity index (χ0v) is 11.3. The Morgan fingerprint density at radius 1 is 1.26 bits per heavy atom. The number of piperidine rings is 1. The van der Waals surface area contributed by atoms with Crippen LogP contribution in [0, 0.1) is 0 Å². The summed E-state index contributed by atoms with van der Waals surface area (Å²) in [6, 6.07) is 10.6. The lowest BCUT2D eigenvalue weighted by Gasteiger charge is -2.29. The Kier molecular flexibility index (Phi) is 3.25. The van der Waals surface area contributed by atoms with Crippen molar-refractivity contribution in [3.05, 3.63) is 35.9 Å². The summed E-state index contributed by atoms with van der Waals surface area (Å²) in [5.74, 6) is 1.22. The van der Waals surface area contributed by atoms with Crippen LogP contribution in [-0.4, -0.2) is 35.2 Å². The Morgan fingerprint density at radius 3 is 2.74 bits per heavy atom. The van der Waals surface area contributed by atoms with Gasteiger partial charge in [-0.3, -0.25) is 5.10 Å². The van der Waals surface area contributed by atoms with Crippen molar-refractivity contribution in [2.75, 3.05) is 25.9 Å². The molecule has 0 atom stereocenters. The molecule has 1 saturated heterocycles. The number of nitrogens with two attached hydrogens (primary N) is 1. The number of rotatable bonds is 2. The summed E-state index contributed by atoms with van der Waals surface area (Å²) in [5.41, 5.74) is 9.25. The average Bonchev–Trinajstić information content (AvgIpc) is 2.86. The van der Waals surface area contributed by atoms with Crippen LogP contribution in [-0.2, 0) is 0 Å². The summed E-state index contributed by atoms with van der Waals surface area (Å²) in [6.07, 6.45) is 2.48. The lowest BCUT2D eigenvalue weighted by molar-refractivity contribution is 0.255. The van der Waals surface area contributed by atoms with Crippen LogP contribution in [0.2, 0.25) is 0 Å². The van der Waals surface area contributed by atoms with E-state index in [1.807, 2.05) is 6.07 Å². The molecular formula is C15H20N4. The molecule has 100 valence electrons. The molecule has 19 heavy (non-hydrogen) atoms. The monoisotopic (exact) mass is 256 g/mol. The van der Waals surface area contributed by atoms with E-state index in [9.17, 15) is 0 Å². The van der Waals surface area contributed by atoms with E-state index >= 15 is 0 Å². The van der Waals surface area contributed by atoms with E-state index in [0.29, 0.717) is 11.7 Å². The van der Waals surface area contributed by atoms with Gasteiger partial charge in [-0.1, -0.05) is 18.2 Å². The highest BCUT2D eigenvalue weighted by Gasteiger charge is 2.18. The van der Waals surface area contributed by atoms with Gasteiger partial charge in [-0.05, 0) is 56.1 Å². The molecule has 4 nitrogen and oxygen atoms in total. The molecular weight excluding hydrogens is 236 g/mol. The first-order valence-electron chi connectivity index (χ1n) is 6.82. The summed E-state index contributed by atoms with van der Waals surface area (Å²) < 4.78 is 0. The molecule has 1 aliphatic heterocycles. The third kappa shape index (κ3) is 2.63. The number of benzene rings is 1. The van der Waals surface area contributed by atoms with Gasteiger partial charge in [-0.2, -0.15) is 5.10 Å². The fraction of sp³-hybridized carbons (Fsp3) is 0.400. The number of hydrogen-bond donors (Lipinski definition) is 2. The lowest BCUT2D eigenvalue weighted by Crippen LogP contribution is -2.29. The number of hydrogen-bond acceptors (Lipinski definition) is 3. The number of likely N-dealkylation sites (tertiary alicyclic amines) is 1. The van der Waals surface area contributed by atoms with Crippen LogP contribution >= 0.6 is 0 Å². The minimum Gasteiger partial charge on any atom is -0.382 e. The van der Waals surface area contributed by atoms with Gasteiger partial charge in [0.05, 0.1) is 5.69 Å². The summed E-state index contributed by atoms with van der Waals surface area (Å²) >= 11 is 0. The maximum Gasteiger partial charge on any atom is 0.145 e. The van der Waals surface area contributed by atoms with E-state index in [4.69, 9.17) is 5.73 Å². The average molecular weight is 256 g/mol. The zero-order chi connectivity index (χ0) is 13.2. The van der Waals surface area contributed by atoms with Gasteiger partial charge in [0.15, 0.2) is 0 Å². The second-order valence-electron chi connectivity index (χ2n) is 5.41. The number of aromatic amines is 1. The highest BCUT2D eigenvalue weighted by atomic mass is 15.2. The Balaban J connectivity index is 1.84. The summed E-state index contributed by atoms with van der Waals surface area (Å²) in [4.78, 5) is 2.40. The largest absolute Gasteiger partial charge is 0.382 e. The Morgan fingerprint density at radius 2 is 2.05 bits per heavy atom. The fourth-order valence-electron chi connectivity index (χ4n) is 2.79. The van der Waals surface area contributed by atoms with Gasteiger partial charge in [0.2, 0.25) is 0 Å². The quantitative estimate of drug-likeness (QED) is 0.867. The van der Waals surface area contributed by atoms with Crippen molar-refractivity contribution < 1.29 is 0 Å². The van der Waals surface area contributed by atoms with Crippen molar-refractivity contribution in [1.29, 1.82) is 0 Å². The van der Waals surface area contributed by atoms with E-state index in [-0.39, 0.29) is 0 Å². The van der Waals surface area contributed by atoms with Crippen molar-refractivity contribution in [1.82, 2.24) is 15.1 Å². The second kappa shape index (κ2) is 5.05. The molecule has 3 N–H and O–H groups in total. The van der Waals surface area contributed by atoms with E-state index in [2.05, 4.69) is 46.4 Å². The van der Waals surface area contributed by atoms with Crippen molar-refractivity contribution in [2.24, 2.45) is 0 Å². The number of anilines is 1. The van der Waals surface area contributed by atoms with Crippen LogP contribution in [0.1, 0.15) is 24.3 Å². The third-order valence-electron chi connectivity index (χ3n) is 3.99. The van der Waals surface area contributed by atoms with Gasteiger partial charge in [0, 0.05) is 6.07 Å². The summed E-state index contributed by atoms with van der Waals surface area (Å²) in [7, 11) is 2.19. The normalized spacial score (nSPS) is 17.7. The fourth-order valence-corrected chi connectivity index (χ4v) is 2.79. The van der Waals surface area contributed by atoms with Crippen molar-refractivity contribution in [3.8, 4) is 11.3 Å². The van der Waals surface area contributed by atoms with E-state index < -0.39 is 0 Å². The molecule has 1 aliphatic rings. The zero-order valence-electron chi connectivity index (χ0n) is 11.3. The number of nitrogen functional groups attached to an aromatic ring is 1. The first kappa shape index (κ1) is 12.2. The molecule has 3 rings (SSSR count). The topological polar surface area (TPSA) is 57.9 Å². The molecule has 1 fully saturated rings. The molecule has 4 heteroatoms. The molecule has 0 saturated carbocycles. The first-order valence-corrected chi connectivity index (χ1v) is 6.82. The van der Waals surface area contributed by atoms with Gasteiger partial charge < -0.3 is 10.6 Å². The molecule has 2 aromatic rings. The predicted octanol–water partition coefficient (Wildman–Crippen LogP) is 2.47. The van der Waals surface area contributed by atoms with E-state index in [0.717, 1.165) is 5.69 Å². The van der Waals surface area contributed by atoms with Crippen molar-refractivity contribution in [2.45, 2.75) is 18.8 Å². The first-order chi connectivity index (χ1) is 9.22. The third-order valence-corrected chi connectivity index (χ3v) is 3.99. The van der Waals surface area contributed by atoms with Crippen LogP contribution in [0.3, 0.4) is 0 Å². The van der Waals surface area contributed by atoms with Crippen LogP contribution in [0.15, 0.2) is 30.3 Å². The molecule has 0 radical (unpaired) electrons. The maximum atomic E-state index is 5.66. The number of H-pyrrole nitrogens is 1. The minimum atomic E-state index is 0.541. The summed E-state index contributed by atoms with van der Waals surface area (Å²) in [5, 5.41) is 6.97. The number of aromatic nitrogens is 2. The predicted molar refractivity (Wildman–Crippen MR) is 77.9 cm³/mol. The Bertz CT molecular complexity index is 553. The molecule has 1 aromatic carbocycles. The van der Waals surface area contributed by atoms with Crippen molar-refractivity contribution >= 4 is 5.82 Å². The maximum absolute atomic E-state index is 5.66. The van der Waals surface area contributed by atoms with Crippen LogP contribution in [0.4, 0.5) is 5.82 Å². The molecule has 0 unspecified atom stereocenters. The molecule has 0 bridgehead atoms. The highest BCUT2D eigenvalue weighted by molar-refractivity contribution is 5.62. The second-order valence-corrected chi connectivity index (χ2v) is 5.41. The van der Waals surface area contributed by atoms with Gasteiger partial charge in [-0.25, -0.2) is 0 Å². The molecule has 0 amide bonds. The van der Waals surface area contributed by atoms with E-state index in [1.165, 1.54) is 37.1 Å². The summed E-state index contributed by atoms with van der Waals surface area (Å²) in [6.45, 7) is 2.37. The Hall–Kier alpha value is -1.81. The molecule has 2 heterocycles. The molecule has 1 aromatic heterocycles. The van der Waals surface area contributed by atoms with Gasteiger partial charge in [0.25, 0.3) is 0 Å². The smallest absolute Gasteiger partial charge is 0.145 e. The molecule has 0 aliphatic carbocycles. The Labute approximate surface area is 113 Å². The van der Waals surface area contributed by atoms with Crippen LogP contribution in [0.5, 0.6) is 0 Å². The van der Waals surface area contributed by atoms with Gasteiger partial charge in [-0.15, -0.1) is 0 Å². The minimum absolute atomic E-state index is 0.541.